The molecule has 34 heavy (non-hydrogen) atoms. The van der Waals surface area contributed by atoms with Crippen molar-refractivity contribution in [2.24, 2.45) is 10.9 Å². The van der Waals surface area contributed by atoms with Gasteiger partial charge in [-0.1, -0.05) is 19.3 Å². The first kappa shape index (κ1) is 24.6. The molecule has 2 heterocycles. The van der Waals surface area contributed by atoms with Gasteiger partial charge in [-0.15, -0.1) is 0 Å². The Morgan fingerprint density at radius 1 is 1.15 bits per heavy atom. The van der Waals surface area contributed by atoms with Crippen molar-refractivity contribution in [1.82, 2.24) is 9.62 Å². The van der Waals surface area contributed by atoms with E-state index in [4.69, 9.17) is 4.99 Å². The summed E-state index contributed by atoms with van der Waals surface area (Å²) in [6.45, 7) is 5.75. The molecule has 8 nitrogen and oxygen atoms in total. The Kier molecular flexibility index (Phi) is 6.96. The van der Waals surface area contributed by atoms with Gasteiger partial charge < -0.3 is 10.6 Å². The summed E-state index contributed by atoms with van der Waals surface area (Å²) in [6.07, 6.45) is 8.10. The first-order valence-electron chi connectivity index (χ1n) is 12.1. The van der Waals surface area contributed by atoms with E-state index in [2.05, 4.69) is 10.6 Å². The maximum atomic E-state index is 13.0. The first-order chi connectivity index (χ1) is 16.1. The van der Waals surface area contributed by atoms with Gasteiger partial charge in [-0.3, -0.25) is 14.6 Å². The van der Waals surface area contributed by atoms with E-state index in [1.54, 1.807) is 6.08 Å². The minimum Gasteiger partial charge on any atom is -0.326 e. The number of nitrogens with one attached hydrogen (secondary N) is 2. The fourth-order valence-corrected chi connectivity index (χ4v) is 6.49. The molecule has 1 aromatic carbocycles. The van der Waals surface area contributed by atoms with E-state index in [1.807, 2.05) is 26.0 Å². The maximum absolute atomic E-state index is 13.0. The molecule has 2 N–H and O–H groups in total. The summed E-state index contributed by atoms with van der Waals surface area (Å²) in [6, 6.07) is 3.65. The Morgan fingerprint density at radius 2 is 1.76 bits per heavy atom. The van der Waals surface area contributed by atoms with E-state index in [1.165, 1.54) is 35.9 Å². The number of carbonyl (C=O) groups excluding carboxylic acids is 2. The Bertz CT molecular complexity index is 1120. The highest BCUT2D eigenvalue weighted by Gasteiger charge is 2.48. The Morgan fingerprint density at radius 3 is 2.35 bits per heavy atom. The van der Waals surface area contributed by atoms with Crippen LogP contribution in [0.3, 0.4) is 0 Å². The van der Waals surface area contributed by atoms with E-state index in [0.29, 0.717) is 24.4 Å². The van der Waals surface area contributed by atoms with Gasteiger partial charge in [0, 0.05) is 37.0 Å². The third-order valence-corrected chi connectivity index (χ3v) is 8.79. The summed E-state index contributed by atoms with van der Waals surface area (Å²) in [4.78, 5) is 29.0. The van der Waals surface area contributed by atoms with Crippen molar-refractivity contribution in [3.63, 3.8) is 0 Å². The van der Waals surface area contributed by atoms with Crippen molar-refractivity contribution < 1.29 is 18.0 Å². The molecule has 4 rings (SSSR count). The molecule has 1 aliphatic carbocycles. The van der Waals surface area contributed by atoms with Crippen LogP contribution in [0.5, 0.6) is 0 Å². The van der Waals surface area contributed by atoms with E-state index >= 15 is 0 Å². The van der Waals surface area contributed by atoms with Gasteiger partial charge in [0.25, 0.3) is 5.91 Å². The van der Waals surface area contributed by atoms with Gasteiger partial charge in [-0.2, -0.15) is 4.31 Å². The number of aryl methyl sites for hydroxylation is 2. The molecule has 2 fully saturated rings. The highest BCUT2D eigenvalue weighted by atomic mass is 32.2. The summed E-state index contributed by atoms with van der Waals surface area (Å²) in [7, 11) is -3.64. The minimum absolute atomic E-state index is 0.0776. The number of piperidine rings is 1. The molecule has 9 heteroatoms. The Balaban J connectivity index is 1.44. The van der Waals surface area contributed by atoms with Crippen LogP contribution in [0.15, 0.2) is 22.5 Å². The third-order valence-electron chi connectivity index (χ3n) is 7.22. The average Bonchev–Trinajstić information content (AvgIpc) is 3.09. The smallest absolute Gasteiger partial charge is 0.253 e. The lowest BCUT2D eigenvalue weighted by atomic mass is 9.88. The number of anilines is 1. The number of hydrogen-bond donors (Lipinski definition) is 2. The highest BCUT2D eigenvalue weighted by Crippen LogP contribution is 2.35. The van der Waals surface area contributed by atoms with Crippen molar-refractivity contribution in [1.29, 1.82) is 0 Å². The molecule has 1 aromatic rings. The molecular weight excluding hydrogens is 452 g/mol. The normalized spacial score (nSPS) is 21.6. The molecule has 1 saturated heterocycles. The van der Waals surface area contributed by atoms with Crippen LogP contribution in [0.25, 0.3) is 6.08 Å². The second-order valence-electron chi connectivity index (χ2n) is 9.77. The molecule has 0 radical (unpaired) electrons. The predicted molar refractivity (Wildman–Crippen MR) is 134 cm³/mol. The van der Waals surface area contributed by atoms with Gasteiger partial charge in [-0.25, -0.2) is 8.42 Å². The molecule has 0 atom stereocenters. The van der Waals surface area contributed by atoms with Gasteiger partial charge in [-0.05, 0) is 74.4 Å². The Hall–Kier alpha value is -2.52. The van der Waals surface area contributed by atoms with Gasteiger partial charge in [0.1, 0.15) is 11.4 Å². The molecule has 3 aliphatic rings. The van der Waals surface area contributed by atoms with Crippen molar-refractivity contribution in [2.75, 3.05) is 18.4 Å². The molecule has 2 aliphatic heterocycles. The number of hydrogen-bond acceptors (Lipinski definition) is 5. The topological polar surface area (TPSA) is 108 Å². The van der Waals surface area contributed by atoms with Crippen LogP contribution in [0.1, 0.15) is 68.6 Å². The van der Waals surface area contributed by atoms with Crippen LogP contribution >= 0.6 is 0 Å². The number of benzene rings is 1. The predicted octanol–water partition coefficient (Wildman–Crippen LogP) is 3.51. The Labute approximate surface area is 201 Å². The maximum Gasteiger partial charge on any atom is 0.253 e. The quantitative estimate of drug-likeness (QED) is 0.664. The summed E-state index contributed by atoms with van der Waals surface area (Å²) in [5.41, 5.74) is 2.42. The van der Waals surface area contributed by atoms with Crippen LogP contribution in [0.4, 0.5) is 5.69 Å². The second-order valence-corrected chi connectivity index (χ2v) is 11.6. The van der Waals surface area contributed by atoms with Crippen LogP contribution in [0, 0.1) is 19.8 Å². The van der Waals surface area contributed by atoms with E-state index < -0.39 is 15.6 Å². The largest absolute Gasteiger partial charge is 0.326 e. The van der Waals surface area contributed by atoms with Gasteiger partial charge >= 0.3 is 0 Å². The summed E-state index contributed by atoms with van der Waals surface area (Å²) in [5.74, 6) is 0.907. The fraction of sp³-hybridized carbons (Fsp3) is 0.560. The van der Waals surface area contributed by atoms with E-state index in [0.717, 1.165) is 35.4 Å². The van der Waals surface area contributed by atoms with Crippen molar-refractivity contribution in [3.8, 4) is 0 Å². The zero-order valence-electron chi connectivity index (χ0n) is 20.2. The lowest BCUT2D eigenvalue weighted by molar-refractivity contribution is -0.125. The molecular formula is C25H34N4O4S. The summed E-state index contributed by atoms with van der Waals surface area (Å²) < 4.78 is 27.5. The molecule has 0 bridgehead atoms. The standard InChI is InChI=1S/C25H34N4O4S/c1-17-15-21(26-19(3)30)16-18(2)22(17)9-14-34(32,33)29-12-10-25(11-13-29)24(31)27-23(28-25)20-7-5-4-6-8-20/h9,14-16,20H,4-8,10-13H2,1-3H3,(H,26,30)(H,27,28,31)/b14-9+. The van der Waals surface area contributed by atoms with Gasteiger partial charge in [0.05, 0.1) is 0 Å². The minimum atomic E-state index is -3.64. The van der Waals surface area contributed by atoms with Crippen LogP contribution in [-0.2, 0) is 19.6 Å². The zero-order valence-corrected chi connectivity index (χ0v) is 21.0. The van der Waals surface area contributed by atoms with E-state index in [-0.39, 0.29) is 24.9 Å². The second kappa shape index (κ2) is 9.62. The highest BCUT2D eigenvalue weighted by molar-refractivity contribution is 7.92. The number of amides is 2. The molecule has 2 amide bonds. The van der Waals surface area contributed by atoms with Crippen LogP contribution in [-0.4, -0.2) is 49.0 Å². The fourth-order valence-electron chi connectivity index (χ4n) is 5.31. The van der Waals surface area contributed by atoms with Crippen LogP contribution < -0.4 is 10.6 Å². The number of nitrogens with zero attached hydrogens (tertiary/aromatic N) is 2. The van der Waals surface area contributed by atoms with E-state index in [9.17, 15) is 18.0 Å². The monoisotopic (exact) mass is 486 g/mol. The SMILES string of the molecule is CC(=O)Nc1cc(C)c(/C=C/S(=O)(=O)N2CCC3(CC2)N=C(C2CCCCC2)NC3=O)c(C)c1. The molecule has 0 aromatic heterocycles. The molecule has 184 valence electrons. The van der Waals surface area contributed by atoms with Crippen molar-refractivity contribution in [3.05, 3.63) is 34.2 Å². The lowest BCUT2D eigenvalue weighted by Crippen LogP contribution is -2.50. The summed E-state index contributed by atoms with van der Waals surface area (Å²) >= 11 is 0. The van der Waals surface area contributed by atoms with Gasteiger partial charge in [0.2, 0.25) is 15.9 Å². The number of amidine groups is 1. The zero-order chi connectivity index (χ0) is 24.5. The molecule has 1 saturated carbocycles. The molecule has 1 spiro atoms. The third kappa shape index (κ3) is 5.10. The lowest BCUT2D eigenvalue weighted by Gasteiger charge is -2.34. The first-order valence-corrected chi connectivity index (χ1v) is 13.6. The number of sulfonamides is 1. The molecule has 0 unspecified atom stereocenters. The summed E-state index contributed by atoms with van der Waals surface area (Å²) in [5, 5.41) is 7.01. The van der Waals surface area contributed by atoms with Crippen molar-refractivity contribution >= 4 is 39.4 Å². The number of aliphatic imine (C=N–C) groups is 1. The van der Waals surface area contributed by atoms with Crippen molar-refractivity contribution in [2.45, 2.75) is 71.3 Å². The van der Waals surface area contributed by atoms with Gasteiger partial charge in [0.15, 0.2) is 0 Å². The number of carbonyl (C=O) groups is 2. The van der Waals surface area contributed by atoms with Crippen LogP contribution in [0.2, 0.25) is 0 Å². The number of rotatable bonds is 5. The average molecular weight is 487 g/mol.